The smallest absolute Gasteiger partial charge is 0.300 e. The van der Waals surface area contributed by atoms with Gasteiger partial charge in [-0.15, -0.1) is 11.3 Å². The molecule has 5 nitrogen and oxygen atoms in total. The Balaban J connectivity index is 1.91. The molecule has 1 aliphatic heterocycles. The molecule has 3 aromatic rings. The molecule has 1 N–H and O–H groups in total. The number of anilines is 1. The van der Waals surface area contributed by atoms with E-state index in [9.17, 15) is 14.7 Å². The second-order valence-electron chi connectivity index (χ2n) is 8.46. The number of benzene rings is 2. The SMILES string of the molecule is CCOc1ccc(/C(O)=C2/C(=O)C(=O)N(c3ccc(Cl)cc3C)C2c2cccs2)cc1C(C)C. The number of ketones is 1. The predicted octanol–water partition coefficient (Wildman–Crippen LogP) is 6.86. The number of halogens is 1. The molecule has 176 valence electrons. The van der Waals surface area contributed by atoms with E-state index in [0.717, 1.165) is 21.8 Å². The van der Waals surface area contributed by atoms with Gasteiger partial charge in [0.2, 0.25) is 0 Å². The first-order chi connectivity index (χ1) is 16.2. The second kappa shape index (κ2) is 9.65. The zero-order valence-corrected chi connectivity index (χ0v) is 21.0. The van der Waals surface area contributed by atoms with Gasteiger partial charge in [0.15, 0.2) is 0 Å². The minimum absolute atomic E-state index is 0.0701. The molecule has 34 heavy (non-hydrogen) atoms. The molecule has 4 rings (SSSR count). The zero-order valence-electron chi connectivity index (χ0n) is 19.5. The number of ether oxygens (including phenoxy) is 1. The Morgan fingerprint density at radius 3 is 2.56 bits per heavy atom. The van der Waals surface area contributed by atoms with Crippen molar-refractivity contribution in [2.75, 3.05) is 11.5 Å². The topological polar surface area (TPSA) is 66.8 Å². The minimum Gasteiger partial charge on any atom is -0.507 e. The first kappa shape index (κ1) is 24.0. The first-order valence-corrected chi connectivity index (χ1v) is 12.4. The molecule has 1 atom stereocenters. The van der Waals surface area contributed by atoms with Crippen LogP contribution in [0.4, 0.5) is 5.69 Å². The van der Waals surface area contributed by atoms with Crippen molar-refractivity contribution in [1.82, 2.24) is 0 Å². The van der Waals surface area contributed by atoms with E-state index in [2.05, 4.69) is 0 Å². The van der Waals surface area contributed by atoms with Crippen molar-refractivity contribution >= 4 is 46.1 Å². The third kappa shape index (κ3) is 4.24. The lowest BCUT2D eigenvalue weighted by molar-refractivity contribution is -0.132. The number of aliphatic hydroxyl groups is 1. The number of carbonyl (C=O) groups is 2. The van der Waals surface area contributed by atoms with Gasteiger partial charge in [-0.2, -0.15) is 0 Å². The van der Waals surface area contributed by atoms with Gasteiger partial charge in [-0.05, 0) is 78.7 Å². The molecule has 1 saturated heterocycles. The van der Waals surface area contributed by atoms with Crippen LogP contribution in [0.15, 0.2) is 59.5 Å². The summed E-state index contributed by atoms with van der Waals surface area (Å²) >= 11 is 7.56. The summed E-state index contributed by atoms with van der Waals surface area (Å²) in [4.78, 5) is 28.9. The van der Waals surface area contributed by atoms with Crippen molar-refractivity contribution in [2.45, 2.75) is 39.7 Å². The molecule has 1 unspecified atom stereocenters. The minimum atomic E-state index is -0.742. The number of carbonyl (C=O) groups excluding carboxylic acids is 2. The monoisotopic (exact) mass is 495 g/mol. The molecule has 0 bridgehead atoms. The molecule has 1 aromatic heterocycles. The molecule has 7 heteroatoms. The van der Waals surface area contributed by atoms with E-state index in [0.29, 0.717) is 22.9 Å². The van der Waals surface area contributed by atoms with Gasteiger partial charge in [0, 0.05) is 21.2 Å². The number of thiophene rings is 1. The molecular formula is C27H26ClNO4S. The molecule has 2 aromatic carbocycles. The summed E-state index contributed by atoms with van der Waals surface area (Å²) in [6.45, 7) is 8.35. The standard InChI is InChI=1S/C27H26ClNO4S/c1-5-33-21-11-8-17(14-19(21)15(2)3)25(30)23-24(22-7-6-12-34-22)29(27(32)26(23)31)20-10-9-18(28)13-16(20)4/h6-15,24,30H,5H2,1-4H3/b25-23-. The number of aryl methyl sites for hydroxylation is 1. The number of Topliss-reactive ketones (excluding diaryl/α,β-unsaturated/α-hetero) is 1. The van der Waals surface area contributed by atoms with Crippen molar-refractivity contribution in [3.8, 4) is 5.75 Å². The van der Waals surface area contributed by atoms with Crippen molar-refractivity contribution in [1.29, 1.82) is 0 Å². The van der Waals surface area contributed by atoms with Crippen LogP contribution in [0, 0.1) is 6.92 Å². The number of amides is 1. The average Bonchev–Trinajstić information content (AvgIpc) is 3.41. The van der Waals surface area contributed by atoms with Gasteiger partial charge in [-0.3, -0.25) is 14.5 Å². The van der Waals surface area contributed by atoms with Crippen LogP contribution in [0.3, 0.4) is 0 Å². The van der Waals surface area contributed by atoms with Crippen LogP contribution in [-0.2, 0) is 9.59 Å². The Kier molecular flexibility index (Phi) is 6.82. The van der Waals surface area contributed by atoms with E-state index in [4.69, 9.17) is 16.3 Å². The summed E-state index contributed by atoms with van der Waals surface area (Å²) in [6.07, 6.45) is 0. The van der Waals surface area contributed by atoms with Gasteiger partial charge in [-0.25, -0.2) is 0 Å². The van der Waals surface area contributed by atoms with Crippen LogP contribution in [0.1, 0.15) is 54.3 Å². The first-order valence-electron chi connectivity index (χ1n) is 11.1. The lowest BCUT2D eigenvalue weighted by Crippen LogP contribution is -2.29. The molecule has 1 aliphatic rings. The van der Waals surface area contributed by atoms with Crippen molar-refractivity contribution < 1.29 is 19.4 Å². The van der Waals surface area contributed by atoms with E-state index in [1.165, 1.54) is 16.2 Å². The Bertz CT molecular complexity index is 1280. The van der Waals surface area contributed by atoms with E-state index in [-0.39, 0.29) is 17.3 Å². The quantitative estimate of drug-likeness (QED) is 0.230. The summed E-state index contributed by atoms with van der Waals surface area (Å²) in [5.41, 5.74) is 2.80. The van der Waals surface area contributed by atoms with Crippen molar-refractivity contribution in [3.63, 3.8) is 0 Å². The van der Waals surface area contributed by atoms with E-state index in [1.54, 1.807) is 30.3 Å². The third-order valence-corrected chi connectivity index (χ3v) is 7.04. The lowest BCUT2D eigenvalue weighted by Gasteiger charge is -2.26. The van der Waals surface area contributed by atoms with Crippen LogP contribution < -0.4 is 9.64 Å². The third-order valence-electron chi connectivity index (χ3n) is 5.88. The highest BCUT2D eigenvalue weighted by atomic mass is 35.5. The summed E-state index contributed by atoms with van der Waals surface area (Å²) in [5.74, 6) is -0.718. The zero-order chi connectivity index (χ0) is 24.6. The molecule has 0 radical (unpaired) electrons. The van der Waals surface area contributed by atoms with Gasteiger partial charge in [0.1, 0.15) is 17.6 Å². The van der Waals surface area contributed by atoms with Gasteiger partial charge in [-0.1, -0.05) is 31.5 Å². The highest BCUT2D eigenvalue weighted by Crippen LogP contribution is 2.45. The maximum Gasteiger partial charge on any atom is 0.300 e. The van der Waals surface area contributed by atoms with E-state index < -0.39 is 17.7 Å². The van der Waals surface area contributed by atoms with E-state index in [1.807, 2.05) is 51.3 Å². The highest BCUT2D eigenvalue weighted by molar-refractivity contribution is 7.10. The van der Waals surface area contributed by atoms with Gasteiger partial charge in [0.05, 0.1) is 12.2 Å². The Morgan fingerprint density at radius 1 is 1.18 bits per heavy atom. The summed E-state index contributed by atoms with van der Waals surface area (Å²) < 4.78 is 5.74. The van der Waals surface area contributed by atoms with Crippen LogP contribution in [0.2, 0.25) is 5.02 Å². The fourth-order valence-electron chi connectivity index (χ4n) is 4.28. The normalized spacial score (nSPS) is 17.6. The Labute approximate surface area is 208 Å². The number of hydrogen-bond donors (Lipinski definition) is 1. The molecule has 0 saturated carbocycles. The van der Waals surface area contributed by atoms with Crippen LogP contribution in [-0.4, -0.2) is 23.4 Å². The van der Waals surface area contributed by atoms with Crippen molar-refractivity contribution in [2.24, 2.45) is 0 Å². The summed E-state index contributed by atoms with van der Waals surface area (Å²) in [6, 6.07) is 13.5. The van der Waals surface area contributed by atoms with E-state index >= 15 is 0 Å². The van der Waals surface area contributed by atoms with Gasteiger partial charge in [0.25, 0.3) is 11.7 Å². The maximum absolute atomic E-state index is 13.3. The molecule has 1 fully saturated rings. The molecular weight excluding hydrogens is 470 g/mol. The molecule has 0 aliphatic carbocycles. The molecule has 1 amide bonds. The number of nitrogens with zero attached hydrogens (tertiary/aromatic N) is 1. The number of hydrogen-bond acceptors (Lipinski definition) is 5. The van der Waals surface area contributed by atoms with Gasteiger partial charge >= 0.3 is 0 Å². The molecule has 0 spiro atoms. The van der Waals surface area contributed by atoms with Crippen LogP contribution >= 0.6 is 22.9 Å². The fraction of sp³-hybridized carbons (Fsp3) is 0.259. The summed E-state index contributed by atoms with van der Waals surface area (Å²) in [7, 11) is 0. The van der Waals surface area contributed by atoms with Crippen molar-refractivity contribution in [3.05, 3.63) is 86.1 Å². The Hall–Kier alpha value is -3.09. The second-order valence-corrected chi connectivity index (χ2v) is 9.87. The lowest BCUT2D eigenvalue weighted by atomic mass is 9.95. The van der Waals surface area contributed by atoms with Gasteiger partial charge < -0.3 is 9.84 Å². The number of rotatable bonds is 6. The highest BCUT2D eigenvalue weighted by Gasteiger charge is 2.47. The molecule has 2 heterocycles. The van der Waals surface area contributed by atoms with Crippen LogP contribution in [0.5, 0.6) is 5.75 Å². The predicted molar refractivity (Wildman–Crippen MR) is 137 cm³/mol. The van der Waals surface area contributed by atoms with Crippen LogP contribution in [0.25, 0.3) is 5.76 Å². The Morgan fingerprint density at radius 2 is 1.94 bits per heavy atom. The largest absolute Gasteiger partial charge is 0.507 e. The fourth-order valence-corrected chi connectivity index (χ4v) is 5.33. The summed E-state index contributed by atoms with van der Waals surface area (Å²) in [5, 5.41) is 13.8. The maximum atomic E-state index is 13.3. The number of aliphatic hydroxyl groups excluding tert-OH is 1. The average molecular weight is 496 g/mol.